The summed E-state index contributed by atoms with van der Waals surface area (Å²) in [6, 6.07) is 13.7. The molecule has 0 saturated heterocycles. The van der Waals surface area contributed by atoms with E-state index in [0.717, 1.165) is 22.1 Å². The Morgan fingerprint density at radius 1 is 1.20 bits per heavy atom. The van der Waals surface area contributed by atoms with Gasteiger partial charge in [0.1, 0.15) is 5.75 Å². The van der Waals surface area contributed by atoms with E-state index in [9.17, 15) is 5.26 Å². The largest absolute Gasteiger partial charge is 0.497 e. The van der Waals surface area contributed by atoms with Crippen molar-refractivity contribution in [1.82, 2.24) is 0 Å². The van der Waals surface area contributed by atoms with Crippen molar-refractivity contribution >= 4 is 10.8 Å². The summed E-state index contributed by atoms with van der Waals surface area (Å²) in [5.41, 5.74) is 0.822. The Morgan fingerprint density at radius 2 is 1.95 bits per heavy atom. The standard InChI is InChI=1S/C16H17NO3/c1-19-15-6-5-12-9-14(4-3-13(12)10-15)16(11-17)20-8-2-7-18/h3-6,9-10,16,18H,2,7-8H2,1H3. The molecule has 4 nitrogen and oxygen atoms in total. The molecule has 2 aromatic rings. The first kappa shape index (κ1) is 14.3. The molecule has 0 saturated carbocycles. The fourth-order valence-corrected chi connectivity index (χ4v) is 2.01. The van der Waals surface area contributed by atoms with Crippen LogP contribution in [0, 0.1) is 11.3 Å². The Balaban J connectivity index is 2.24. The molecule has 2 rings (SSSR count). The summed E-state index contributed by atoms with van der Waals surface area (Å²) in [6.45, 7) is 0.436. The number of fused-ring (bicyclic) bond motifs is 1. The third-order valence-electron chi connectivity index (χ3n) is 3.08. The predicted octanol–water partition coefficient (Wildman–Crippen LogP) is 2.81. The van der Waals surface area contributed by atoms with E-state index in [1.54, 1.807) is 7.11 Å². The maximum atomic E-state index is 9.18. The third-order valence-corrected chi connectivity index (χ3v) is 3.08. The molecule has 0 amide bonds. The monoisotopic (exact) mass is 271 g/mol. The van der Waals surface area contributed by atoms with E-state index in [2.05, 4.69) is 6.07 Å². The lowest BCUT2D eigenvalue weighted by Crippen LogP contribution is -2.04. The number of aliphatic hydroxyl groups is 1. The highest BCUT2D eigenvalue weighted by Crippen LogP contribution is 2.25. The fraction of sp³-hybridized carbons (Fsp3) is 0.312. The van der Waals surface area contributed by atoms with Gasteiger partial charge in [-0.1, -0.05) is 18.2 Å². The van der Waals surface area contributed by atoms with E-state index in [1.165, 1.54) is 0 Å². The first-order valence-electron chi connectivity index (χ1n) is 6.48. The number of hydrogen-bond donors (Lipinski definition) is 1. The highest BCUT2D eigenvalue weighted by Gasteiger charge is 2.11. The first-order valence-corrected chi connectivity index (χ1v) is 6.48. The smallest absolute Gasteiger partial charge is 0.169 e. The van der Waals surface area contributed by atoms with Gasteiger partial charge in [0.05, 0.1) is 19.8 Å². The van der Waals surface area contributed by atoms with Gasteiger partial charge in [-0.3, -0.25) is 0 Å². The summed E-state index contributed by atoms with van der Waals surface area (Å²) in [7, 11) is 1.64. The molecule has 1 atom stereocenters. The minimum atomic E-state index is -0.604. The van der Waals surface area contributed by atoms with Crippen molar-refractivity contribution in [3.05, 3.63) is 42.0 Å². The summed E-state index contributed by atoms with van der Waals surface area (Å²) in [4.78, 5) is 0. The Labute approximate surface area is 118 Å². The second-order valence-corrected chi connectivity index (χ2v) is 4.43. The normalized spacial score (nSPS) is 12.1. The summed E-state index contributed by atoms with van der Waals surface area (Å²) in [6.07, 6.45) is -0.0729. The number of benzene rings is 2. The topological polar surface area (TPSA) is 62.5 Å². The van der Waals surface area contributed by atoms with Crippen molar-refractivity contribution < 1.29 is 14.6 Å². The zero-order valence-corrected chi connectivity index (χ0v) is 11.4. The zero-order valence-electron chi connectivity index (χ0n) is 11.4. The lowest BCUT2D eigenvalue weighted by Gasteiger charge is -2.12. The molecule has 0 aliphatic rings. The highest BCUT2D eigenvalue weighted by atomic mass is 16.5. The maximum absolute atomic E-state index is 9.18. The predicted molar refractivity (Wildman–Crippen MR) is 76.5 cm³/mol. The van der Waals surface area contributed by atoms with Crippen LogP contribution in [0.25, 0.3) is 10.8 Å². The number of rotatable bonds is 6. The molecule has 0 aliphatic heterocycles. The molecule has 0 spiro atoms. The van der Waals surface area contributed by atoms with Crippen molar-refractivity contribution in [3.63, 3.8) is 0 Å². The molecule has 4 heteroatoms. The first-order chi connectivity index (χ1) is 9.78. The third kappa shape index (κ3) is 3.27. The summed E-state index contributed by atoms with van der Waals surface area (Å²) in [5, 5.41) is 20.0. The number of nitrogens with zero attached hydrogens (tertiary/aromatic N) is 1. The number of nitriles is 1. The average molecular weight is 271 g/mol. The van der Waals surface area contributed by atoms with Gasteiger partial charge in [-0.25, -0.2) is 0 Å². The van der Waals surface area contributed by atoms with Gasteiger partial charge in [0, 0.05) is 6.61 Å². The molecule has 0 aromatic heterocycles. The molecule has 104 valence electrons. The van der Waals surface area contributed by atoms with Gasteiger partial charge in [-0.2, -0.15) is 5.26 Å². The molecule has 0 heterocycles. The quantitative estimate of drug-likeness (QED) is 0.821. The van der Waals surface area contributed by atoms with Crippen LogP contribution in [-0.4, -0.2) is 25.4 Å². The van der Waals surface area contributed by atoms with Gasteiger partial charge >= 0.3 is 0 Å². The van der Waals surface area contributed by atoms with Crippen LogP contribution < -0.4 is 4.74 Å². The Bertz CT molecular complexity index is 619. The van der Waals surface area contributed by atoms with E-state index < -0.39 is 6.10 Å². The van der Waals surface area contributed by atoms with E-state index in [0.29, 0.717) is 13.0 Å². The second-order valence-electron chi connectivity index (χ2n) is 4.43. The minimum absolute atomic E-state index is 0.0651. The Kier molecular flexibility index (Phi) is 4.94. The van der Waals surface area contributed by atoms with Crippen LogP contribution in [0.4, 0.5) is 0 Å². The van der Waals surface area contributed by atoms with Crippen LogP contribution in [0.3, 0.4) is 0 Å². The SMILES string of the molecule is COc1ccc2cc(C(C#N)OCCCO)ccc2c1. The van der Waals surface area contributed by atoms with Crippen molar-refractivity contribution in [1.29, 1.82) is 5.26 Å². The minimum Gasteiger partial charge on any atom is -0.497 e. The molecule has 0 aliphatic carbocycles. The zero-order chi connectivity index (χ0) is 14.4. The molecular formula is C16H17NO3. The number of methoxy groups -OCH3 is 1. The molecule has 2 aromatic carbocycles. The number of aliphatic hydroxyl groups excluding tert-OH is 1. The van der Waals surface area contributed by atoms with Gasteiger partial charge in [0.15, 0.2) is 6.10 Å². The van der Waals surface area contributed by atoms with Gasteiger partial charge in [-0.15, -0.1) is 0 Å². The van der Waals surface area contributed by atoms with Crippen molar-refractivity contribution in [2.75, 3.05) is 20.3 Å². The molecule has 20 heavy (non-hydrogen) atoms. The summed E-state index contributed by atoms with van der Waals surface area (Å²) >= 11 is 0. The Morgan fingerprint density at radius 3 is 2.65 bits per heavy atom. The van der Waals surface area contributed by atoms with Crippen molar-refractivity contribution in [2.24, 2.45) is 0 Å². The van der Waals surface area contributed by atoms with Crippen LogP contribution in [0.1, 0.15) is 18.1 Å². The van der Waals surface area contributed by atoms with Gasteiger partial charge in [-0.05, 0) is 41.0 Å². The van der Waals surface area contributed by atoms with Gasteiger partial charge in [0.2, 0.25) is 0 Å². The van der Waals surface area contributed by atoms with Crippen molar-refractivity contribution in [3.8, 4) is 11.8 Å². The molecule has 0 fully saturated rings. The lowest BCUT2D eigenvalue weighted by atomic mass is 10.0. The van der Waals surface area contributed by atoms with Gasteiger partial charge in [0.25, 0.3) is 0 Å². The van der Waals surface area contributed by atoms with Crippen LogP contribution in [0.5, 0.6) is 5.75 Å². The van der Waals surface area contributed by atoms with E-state index in [4.69, 9.17) is 14.6 Å². The van der Waals surface area contributed by atoms with Crippen LogP contribution in [-0.2, 0) is 4.74 Å². The Hall–Kier alpha value is -2.09. The van der Waals surface area contributed by atoms with Crippen molar-refractivity contribution in [2.45, 2.75) is 12.5 Å². The summed E-state index contributed by atoms with van der Waals surface area (Å²) in [5.74, 6) is 0.807. The highest BCUT2D eigenvalue weighted by molar-refractivity contribution is 5.84. The lowest BCUT2D eigenvalue weighted by molar-refractivity contribution is 0.0774. The molecule has 1 N–H and O–H groups in total. The maximum Gasteiger partial charge on any atom is 0.169 e. The van der Waals surface area contributed by atoms with E-state index in [-0.39, 0.29) is 6.61 Å². The summed E-state index contributed by atoms with van der Waals surface area (Å²) < 4.78 is 10.7. The van der Waals surface area contributed by atoms with Crippen LogP contribution in [0.2, 0.25) is 0 Å². The fourth-order valence-electron chi connectivity index (χ4n) is 2.01. The molecule has 1 unspecified atom stereocenters. The van der Waals surface area contributed by atoms with Crippen LogP contribution >= 0.6 is 0 Å². The molecule has 0 bridgehead atoms. The molecular weight excluding hydrogens is 254 g/mol. The van der Waals surface area contributed by atoms with E-state index >= 15 is 0 Å². The molecule has 0 radical (unpaired) electrons. The van der Waals surface area contributed by atoms with E-state index in [1.807, 2.05) is 36.4 Å². The van der Waals surface area contributed by atoms with Crippen LogP contribution in [0.15, 0.2) is 36.4 Å². The van der Waals surface area contributed by atoms with Gasteiger partial charge < -0.3 is 14.6 Å². The average Bonchev–Trinajstić information content (AvgIpc) is 2.50. The number of hydrogen-bond acceptors (Lipinski definition) is 4. The second kappa shape index (κ2) is 6.90. The number of ether oxygens (including phenoxy) is 2.